The highest BCUT2D eigenvalue weighted by molar-refractivity contribution is 5.90. The van der Waals surface area contributed by atoms with Gasteiger partial charge in [-0.15, -0.1) is 0 Å². The number of benzene rings is 3. The summed E-state index contributed by atoms with van der Waals surface area (Å²) in [5, 5.41) is 11.6. The summed E-state index contributed by atoms with van der Waals surface area (Å²) >= 11 is 0. The number of amides is 1. The van der Waals surface area contributed by atoms with Crippen molar-refractivity contribution in [2.75, 3.05) is 31.1 Å². The van der Waals surface area contributed by atoms with E-state index < -0.39 is 5.60 Å². The molecule has 0 saturated carbocycles. The maximum absolute atomic E-state index is 14.1. The van der Waals surface area contributed by atoms with Crippen molar-refractivity contribution in [3.05, 3.63) is 102 Å². The Kier molecular flexibility index (Phi) is 5.32. The van der Waals surface area contributed by atoms with Crippen LogP contribution in [0.5, 0.6) is 0 Å². The second-order valence-corrected chi connectivity index (χ2v) is 7.17. The van der Waals surface area contributed by atoms with E-state index >= 15 is 0 Å². The zero-order valence-electron chi connectivity index (χ0n) is 16.0. The van der Waals surface area contributed by atoms with Gasteiger partial charge in [0.05, 0.1) is 5.69 Å². The Labute approximate surface area is 169 Å². The van der Waals surface area contributed by atoms with Crippen LogP contribution in [0.4, 0.5) is 10.1 Å². The molecule has 4 rings (SSSR count). The molecule has 1 fully saturated rings. The number of anilines is 1. The molecule has 1 aliphatic rings. The fraction of sp³-hybridized carbons (Fsp3) is 0.208. The number of carbonyl (C=O) groups excluding carboxylic acids is 1. The van der Waals surface area contributed by atoms with Crippen molar-refractivity contribution in [2.45, 2.75) is 5.60 Å². The Morgan fingerprint density at radius 2 is 1.24 bits per heavy atom. The Bertz CT molecular complexity index is 931. The van der Waals surface area contributed by atoms with Crippen LogP contribution in [-0.2, 0) is 10.4 Å². The molecule has 0 aliphatic carbocycles. The molecular weight excluding hydrogens is 367 g/mol. The average Bonchev–Trinajstić information content (AvgIpc) is 2.80. The zero-order valence-corrected chi connectivity index (χ0v) is 16.0. The summed E-state index contributed by atoms with van der Waals surface area (Å²) in [4.78, 5) is 17.1. The van der Waals surface area contributed by atoms with E-state index in [0.29, 0.717) is 43.0 Å². The second-order valence-electron chi connectivity index (χ2n) is 7.17. The number of halogens is 1. The Hall–Kier alpha value is -3.18. The lowest BCUT2D eigenvalue weighted by atomic mass is 9.85. The third-order valence-electron chi connectivity index (χ3n) is 5.45. The maximum Gasteiger partial charge on any atom is 0.264 e. The smallest absolute Gasteiger partial charge is 0.264 e. The number of rotatable bonds is 4. The number of aliphatic hydroxyl groups is 1. The molecule has 3 aromatic rings. The van der Waals surface area contributed by atoms with Gasteiger partial charge in [-0.2, -0.15) is 0 Å². The van der Waals surface area contributed by atoms with Crippen LogP contribution in [0.2, 0.25) is 0 Å². The number of carbonyl (C=O) groups is 1. The fourth-order valence-corrected chi connectivity index (χ4v) is 3.86. The van der Waals surface area contributed by atoms with Gasteiger partial charge in [-0.1, -0.05) is 72.8 Å². The van der Waals surface area contributed by atoms with Crippen LogP contribution in [0.3, 0.4) is 0 Å². The van der Waals surface area contributed by atoms with Crippen LogP contribution in [0.15, 0.2) is 84.9 Å². The molecule has 0 atom stereocenters. The predicted octanol–water partition coefficient (Wildman–Crippen LogP) is 3.41. The molecule has 1 N–H and O–H groups in total. The summed E-state index contributed by atoms with van der Waals surface area (Å²) in [5.41, 5.74) is -0.149. The van der Waals surface area contributed by atoms with Gasteiger partial charge >= 0.3 is 0 Å². The summed E-state index contributed by atoms with van der Waals surface area (Å²) in [6, 6.07) is 24.7. The summed E-state index contributed by atoms with van der Waals surface area (Å²) < 4.78 is 14.1. The van der Waals surface area contributed by atoms with E-state index in [1.807, 2.05) is 41.3 Å². The highest BCUT2D eigenvalue weighted by Gasteiger charge is 2.43. The number of nitrogens with zero attached hydrogens (tertiary/aromatic N) is 2. The van der Waals surface area contributed by atoms with Gasteiger partial charge in [0.15, 0.2) is 5.60 Å². The van der Waals surface area contributed by atoms with E-state index in [-0.39, 0.29) is 11.7 Å². The van der Waals surface area contributed by atoms with Gasteiger partial charge in [0.1, 0.15) is 5.82 Å². The number of hydrogen-bond acceptors (Lipinski definition) is 3. The zero-order chi connectivity index (χ0) is 20.3. The van der Waals surface area contributed by atoms with Crippen molar-refractivity contribution >= 4 is 11.6 Å². The Balaban J connectivity index is 1.59. The predicted molar refractivity (Wildman–Crippen MR) is 111 cm³/mol. The minimum absolute atomic E-state index is 0.266. The topological polar surface area (TPSA) is 43.8 Å². The molecule has 29 heavy (non-hydrogen) atoms. The standard InChI is InChI=1S/C24H23FN2O2/c25-21-13-7-8-14-22(21)26-15-17-27(18-16-26)23(28)24(29,19-9-3-1-4-10-19)20-11-5-2-6-12-20/h1-14,29H,15-18H2. The van der Waals surface area contributed by atoms with E-state index in [2.05, 4.69) is 0 Å². The first-order chi connectivity index (χ1) is 14.1. The minimum Gasteiger partial charge on any atom is -0.372 e. The van der Waals surface area contributed by atoms with Gasteiger partial charge in [-0.05, 0) is 23.3 Å². The molecular formula is C24H23FN2O2. The Morgan fingerprint density at radius 3 is 1.76 bits per heavy atom. The fourth-order valence-electron chi connectivity index (χ4n) is 3.86. The van der Waals surface area contributed by atoms with Crippen molar-refractivity contribution in [2.24, 2.45) is 0 Å². The first-order valence-corrected chi connectivity index (χ1v) is 9.73. The van der Waals surface area contributed by atoms with Crippen LogP contribution in [0.1, 0.15) is 11.1 Å². The molecule has 1 amide bonds. The highest BCUT2D eigenvalue weighted by Crippen LogP contribution is 2.32. The van der Waals surface area contributed by atoms with Crippen LogP contribution in [0, 0.1) is 5.82 Å². The van der Waals surface area contributed by atoms with Crippen molar-refractivity contribution in [1.29, 1.82) is 0 Å². The number of hydrogen-bond donors (Lipinski definition) is 1. The monoisotopic (exact) mass is 390 g/mol. The average molecular weight is 390 g/mol. The van der Waals surface area contributed by atoms with E-state index in [0.717, 1.165) is 0 Å². The lowest BCUT2D eigenvalue weighted by Gasteiger charge is -2.40. The van der Waals surface area contributed by atoms with Crippen molar-refractivity contribution in [3.8, 4) is 0 Å². The first-order valence-electron chi connectivity index (χ1n) is 9.73. The largest absolute Gasteiger partial charge is 0.372 e. The lowest BCUT2D eigenvalue weighted by molar-refractivity contribution is -0.148. The van der Waals surface area contributed by atoms with Crippen LogP contribution < -0.4 is 4.90 Å². The third-order valence-corrected chi connectivity index (χ3v) is 5.45. The molecule has 5 heteroatoms. The molecule has 1 aliphatic heterocycles. The summed E-state index contributed by atoms with van der Waals surface area (Å²) in [6.07, 6.45) is 0. The minimum atomic E-state index is -1.76. The van der Waals surface area contributed by atoms with Gasteiger partial charge < -0.3 is 14.9 Å². The van der Waals surface area contributed by atoms with Crippen LogP contribution in [0.25, 0.3) is 0 Å². The Morgan fingerprint density at radius 1 is 0.759 bits per heavy atom. The van der Waals surface area contributed by atoms with Crippen molar-refractivity contribution < 1.29 is 14.3 Å². The van der Waals surface area contributed by atoms with Crippen molar-refractivity contribution in [1.82, 2.24) is 4.90 Å². The van der Waals surface area contributed by atoms with Gasteiger partial charge in [-0.25, -0.2) is 4.39 Å². The van der Waals surface area contributed by atoms with E-state index in [1.54, 1.807) is 47.4 Å². The molecule has 1 saturated heterocycles. The van der Waals surface area contributed by atoms with Gasteiger partial charge in [-0.3, -0.25) is 4.79 Å². The van der Waals surface area contributed by atoms with Crippen LogP contribution in [-0.4, -0.2) is 42.1 Å². The highest BCUT2D eigenvalue weighted by atomic mass is 19.1. The van der Waals surface area contributed by atoms with E-state index in [1.165, 1.54) is 6.07 Å². The maximum atomic E-state index is 14.1. The third kappa shape index (κ3) is 3.61. The summed E-state index contributed by atoms with van der Waals surface area (Å²) in [5.74, 6) is -0.625. The molecule has 0 radical (unpaired) electrons. The van der Waals surface area contributed by atoms with Crippen molar-refractivity contribution in [3.63, 3.8) is 0 Å². The summed E-state index contributed by atoms with van der Waals surface area (Å²) in [7, 11) is 0. The molecule has 1 heterocycles. The normalized spacial score (nSPS) is 14.7. The first kappa shape index (κ1) is 19.2. The van der Waals surface area contributed by atoms with Gasteiger partial charge in [0, 0.05) is 26.2 Å². The molecule has 0 bridgehead atoms. The molecule has 0 spiro atoms. The van der Waals surface area contributed by atoms with E-state index in [9.17, 15) is 14.3 Å². The molecule has 4 nitrogen and oxygen atoms in total. The van der Waals surface area contributed by atoms with Gasteiger partial charge in [0.2, 0.25) is 0 Å². The van der Waals surface area contributed by atoms with E-state index in [4.69, 9.17) is 0 Å². The molecule has 148 valence electrons. The SMILES string of the molecule is O=C(N1CCN(c2ccccc2F)CC1)C(O)(c1ccccc1)c1ccccc1. The second kappa shape index (κ2) is 8.05. The van der Waals surface area contributed by atoms with Gasteiger partial charge in [0.25, 0.3) is 5.91 Å². The quantitative estimate of drug-likeness (QED) is 0.743. The molecule has 3 aromatic carbocycles. The molecule has 0 aromatic heterocycles. The summed E-state index contributed by atoms with van der Waals surface area (Å²) in [6.45, 7) is 1.84. The lowest BCUT2D eigenvalue weighted by Crippen LogP contribution is -2.55. The number of para-hydroxylation sites is 1. The van der Waals surface area contributed by atoms with Crippen LogP contribution >= 0.6 is 0 Å². The number of piperazine rings is 1. The molecule has 0 unspecified atom stereocenters.